The van der Waals surface area contributed by atoms with Crippen LogP contribution in [0.5, 0.6) is 0 Å². The summed E-state index contributed by atoms with van der Waals surface area (Å²) in [5.41, 5.74) is 2.25. The summed E-state index contributed by atoms with van der Waals surface area (Å²) in [6.45, 7) is 0.0953. The molecule has 4 heterocycles. The van der Waals surface area contributed by atoms with Crippen LogP contribution in [-0.2, 0) is 17.2 Å². The van der Waals surface area contributed by atoms with Gasteiger partial charge in [0.15, 0.2) is 0 Å². The van der Waals surface area contributed by atoms with Crippen LogP contribution in [0, 0.1) is 0 Å². The van der Waals surface area contributed by atoms with Crippen LogP contribution in [0.15, 0.2) is 35.2 Å². The molecule has 164 valence electrons. The van der Waals surface area contributed by atoms with Crippen molar-refractivity contribution >= 4 is 34.0 Å². The van der Waals surface area contributed by atoms with Crippen molar-refractivity contribution in [3.05, 3.63) is 46.5 Å². The smallest absolute Gasteiger partial charge is 0.145 e. The standard InChI is InChI=1S/C24H28ClN3O2S/c25-18-4-2-15(3-5-18)17-10-19-13-20(11-17)28(19)21-12-16-6-9-31(30)22(16)23(26-21)27-24(14-29)7-1-8-24/h2-5,12,17,19-20,29H,1,6-11,13-14H2,(H,26,27)/t17?,19?,20?,31-/m0/s1. The number of piperidine rings is 1. The second-order valence-corrected chi connectivity index (χ2v) is 11.6. The predicted octanol–water partition coefficient (Wildman–Crippen LogP) is 4.25. The zero-order valence-corrected chi connectivity index (χ0v) is 19.1. The molecule has 1 aromatic carbocycles. The highest BCUT2D eigenvalue weighted by Crippen LogP contribution is 2.48. The van der Waals surface area contributed by atoms with Gasteiger partial charge in [0.25, 0.3) is 0 Å². The third-order valence-electron chi connectivity index (χ3n) is 7.87. The molecule has 2 saturated heterocycles. The highest BCUT2D eigenvalue weighted by Gasteiger charge is 2.47. The van der Waals surface area contributed by atoms with E-state index in [-0.39, 0.29) is 12.1 Å². The Morgan fingerprint density at radius 1 is 1.19 bits per heavy atom. The quantitative estimate of drug-likeness (QED) is 0.702. The highest BCUT2D eigenvalue weighted by atomic mass is 35.5. The first-order valence-electron chi connectivity index (χ1n) is 11.4. The molecule has 0 amide bonds. The topological polar surface area (TPSA) is 65.5 Å². The van der Waals surface area contributed by atoms with Crippen molar-refractivity contribution in [3.8, 4) is 0 Å². The molecule has 5 nitrogen and oxygen atoms in total. The third kappa shape index (κ3) is 3.30. The average Bonchev–Trinajstić information content (AvgIpc) is 3.12. The first-order valence-corrected chi connectivity index (χ1v) is 13.1. The highest BCUT2D eigenvalue weighted by molar-refractivity contribution is 7.85. The van der Waals surface area contributed by atoms with Crippen molar-refractivity contribution in [2.24, 2.45) is 0 Å². The van der Waals surface area contributed by atoms with Gasteiger partial charge < -0.3 is 15.3 Å². The van der Waals surface area contributed by atoms with E-state index in [0.717, 1.165) is 65.6 Å². The molecule has 2 N–H and O–H groups in total. The molecule has 2 aromatic rings. The molecule has 1 aromatic heterocycles. The van der Waals surface area contributed by atoms with Crippen LogP contribution >= 0.6 is 11.6 Å². The van der Waals surface area contributed by atoms with Crippen molar-refractivity contribution in [2.45, 2.75) is 73.4 Å². The zero-order chi connectivity index (χ0) is 21.2. The summed E-state index contributed by atoms with van der Waals surface area (Å²) in [6, 6.07) is 11.5. The van der Waals surface area contributed by atoms with Gasteiger partial charge in [0.05, 0.1) is 27.8 Å². The number of pyridine rings is 1. The van der Waals surface area contributed by atoms with Crippen molar-refractivity contribution in [1.82, 2.24) is 4.98 Å². The van der Waals surface area contributed by atoms with Crippen LogP contribution in [0.25, 0.3) is 0 Å². The van der Waals surface area contributed by atoms with E-state index in [1.54, 1.807) is 0 Å². The summed E-state index contributed by atoms with van der Waals surface area (Å²) in [5.74, 6) is 3.01. The van der Waals surface area contributed by atoms with Gasteiger partial charge in [-0.15, -0.1) is 0 Å². The molecule has 2 bridgehead atoms. The maximum Gasteiger partial charge on any atom is 0.145 e. The van der Waals surface area contributed by atoms with E-state index in [2.05, 4.69) is 28.4 Å². The van der Waals surface area contributed by atoms with Crippen LogP contribution in [-0.4, -0.2) is 44.3 Å². The molecule has 2 saturated carbocycles. The van der Waals surface area contributed by atoms with Gasteiger partial charge >= 0.3 is 0 Å². The van der Waals surface area contributed by atoms with Gasteiger partial charge in [0, 0.05) is 22.9 Å². The van der Waals surface area contributed by atoms with Crippen LogP contribution < -0.4 is 10.2 Å². The molecular weight excluding hydrogens is 430 g/mol. The summed E-state index contributed by atoms with van der Waals surface area (Å²) in [6.07, 6.45) is 7.31. The monoisotopic (exact) mass is 457 g/mol. The first-order chi connectivity index (χ1) is 15.0. The normalized spacial score (nSPS) is 30.3. The van der Waals surface area contributed by atoms with E-state index in [1.807, 2.05) is 12.1 Å². The number of halogens is 1. The Bertz CT molecular complexity index is 1020. The van der Waals surface area contributed by atoms with Gasteiger partial charge in [-0.25, -0.2) is 4.98 Å². The number of aliphatic hydroxyl groups excluding tert-OH is 1. The van der Waals surface area contributed by atoms with Crippen molar-refractivity contribution in [1.29, 1.82) is 0 Å². The molecule has 0 spiro atoms. The van der Waals surface area contributed by atoms with Crippen LogP contribution in [0.3, 0.4) is 0 Å². The molecule has 3 atom stereocenters. The first kappa shape index (κ1) is 20.0. The van der Waals surface area contributed by atoms with Crippen molar-refractivity contribution in [2.75, 3.05) is 22.6 Å². The second-order valence-electron chi connectivity index (χ2n) is 9.70. The van der Waals surface area contributed by atoms with Gasteiger partial charge in [-0.3, -0.25) is 4.21 Å². The number of nitrogens with zero attached hydrogens (tertiary/aromatic N) is 2. The molecule has 5 aliphatic rings. The summed E-state index contributed by atoms with van der Waals surface area (Å²) in [5, 5.41) is 14.3. The van der Waals surface area contributed by atoms with E-state index in [1.165, 1.54) is 12.0 Å². The zero-order valence-electron chi connectivity index (χ0n) is 17.5. The molecule has 2 unspecified atom stereocenters. The fourth-order valence-corrected chi connectivity index (χ4v) is 7.47. The Balaban J connectivity index is 1.28. The van der Waals surface area contributed by atoms with E-state index in [9.17, 15) is 9.32 Å². The summed E-state index contributed by atoms with van der Waals surface area (Å²) < 4.78 is 12.7. The van der Waals surface area contributed by atoms with Gasteiger partial charge in [0.1, 0.15) is 11.6 Å². The van der Waals surface area contributed by atoms with Crippen molar-refractivity contribution < 1.29 is 9.32 Å². The summed E-state index contributed by atoms with van der Waals surface area (Å²) in [4.78, 5) is 8.38. The number of aliphatic hydroxyl groups is 1. The van der Waals surface area contributed by atoms with E-state index in [0.29, 0.717) is 23.8 Å². The molecule has 0 radical (unpaired) electrons. The van der Waals surface area contributed by atoms with Crippen LogP contribution in [0.4, 0.5) is 11.6 Å². The summed E-state index contributed by atoms with van der Waals surface area (Å²) >= 11 is 6.07. The average molecular weight is 458 g/mol. The number of aromatic nitrogens is 1. The number of nitrogens with one attached hydrogen (secondary N) is 1. The Labute approximate surface area is 190 Å². The maximum atomic E-state index is 12.7. The predicted molar refractivity (Wildman–Crippen MR) is 125 cm³/mol. The number of benzene rings is 1. The largest absolute Gasteiger partial charge is 0.394 e. The number of anilines is 2. The SMILES string of the molecule is O=[S@]1CCc2cc(N3C4CC(c5ccc(Cl)cc5)CC3C4)nc(NC3(CO)CCC3)c21. The van der Waals surface area contributed by atoms with E-state index < -0.39 is 10.8 Å². The van der Waals surface area contributed by atoms with Gasteiger partial charge in [-0.05, 0) is 80.2 Å². The third-order valence-corrected chi connectivity index (χ3v) is 9.61. The van der Waals surface area contributed by atoms with Crippen molar-refractivity contribution in [3.63, 3.8) is 0 Å². The second kappa shape index (κ2) is 7.46. The fourth-order valence-electron chi connectivity index (χ4n) is 5.97. The minimum absolute atomic E-state index is 0.0953. The number of aryl methyl sites for hydroxylation is 1. The summed E-state index contributed by atoms with van der Waals surface area (Å²) in [7, 11) is -1.00. The minimum atomic E-state index is -1.00. The minimum Gasteiger partial charge on any atom is -0.394 e. The molecule has 4 fully saturated rings. The molecule has 3 aliphatic heterocycles. The number of hydrogen-bond donors (Lipinski definition) is 2. The number of hydrogen-bond acceptors (Lipinski definition) is 5. The molecule has 7 heteroatoms. The van der Waals surface area contributed by atoms with Gasteiger partial charge in [-0.1, -0.05) is 23.7 Å². The maximum absolute atomic E-state index is 12.7. The molecule has 7 rings (SSSR count). The van der Waals surface area contributed by atoms with E-state index in [4.69, 9.17) is 16.6 Å². The van der Waals surface area contributed by atoms with Crippen LogP contribution in [0.2, 0.25) is 5.02 Å². The Morgan fingerprint density at radius 2 is 1.94 bits per heavy atom. The Hall–Kier alpha value is -1.63. The molecule has 2 aliphatic carbocycles. The lowest BCUT2D eigenvalue weighted by Crippen LogP contribution is -2.61. The number of fused-ring (bicyclic) bond motifs is 3. The lowest BCUT2D eigenvalue weighted by atomic mass is 9.71. The lowest BCUT2D eigenvalue weighted by Gasteiger charge is -2.56. The Kier molecular flexibility index (Phi) is 4.82. The van der Waals surface area contributed by atoms with Gasteiger partial charge in [0.2, 0.25) is 0 Å². The molecule has 31 heavy (non-hydrogen) atoms. The van der Waals surface area contributed by atoms with Gasteiger partial charge in [-0.2, -0.15) is 0 Å². The Morgan fingerprint density at radius 3 is 2.58 bits per heavy atom. The molecular formula is C24H28ClN3O2S. The fraction of sp³-hybridized carbons (Fsp3) is 0.542. The van der Waals surface area contributed by atoms with Crippen LogP contribution in [0.1, 0.15) is 55.6 Å². The number of rotatable bonds is 5. The lowest BCUT2D eigenvalue weighted by molar-refractivity contribution is 0.143. The van der Waals surface area contributed by atoms with E-state index >= 15 is 0 Å².